The molecule has 22 heavy (non-hydrogen) atoms. The predicted octanol–water partition coefficient (Wildman–Crippen LogP) is 1.66. The van der Waals surface area contributed by atoms with Crippen LogP contribution in [0.15, 0.2) is 12.7 Å². The Morgan fingerprint density at radius 3 is 2.45 bits per heavy atom. The van der Waals surface area contributed by atoms with Crippen LogP contribution >= 0.6 is 0 Å². The molecular weight excluding hydrogens is 288 g/mol. The summed E-state index contributed by atoms with van der Waals surface area (Å²) in [4.78, 5) is 11.8. The van der Waals surface area contributed by atoms with Crippen molar-refractivity contribution in [1.29, 1.82) is 0 Å². The van der Waals surface area contributed by atoms with E-state index in [0.717, 1.165) is 0 Å². The topological polar surface area (TPSA) is 74.2 Å². The predicted molar refractivity (Wildman–Crippen MR) is 81.2 cm³/mol. The van der Waals surface area contributed by atoms with Crippen LogP contribution in [0.25, 0.3) is 0 Å². The van der Waals surface area contributed by atoms with Gasteiger partial charge in [-0.05, 0) is 34.6 Å². The molecule has 1 saturated heterocycles. The molecule has 4 atom stereocenters. The molecule has 0 spiro atoms. The number of carbonyl (C=O) groups is 1. The molecular formula is C16H28O6. The summed E-state index contributed by atoms with van der Waals surface area (Å²) in [5.74, 6) is -1.17. The van der Waals surface area contributed by atoms with Gasteiger partial charge in [0.05, 0.1) is 5.41 Å². The van der Waals surface area contributed by atoms with Gasteiger partial charge in [-0.25, -0.2) is 0 Å². The lowest BCUT2D eigenvalue weighted by molar-refractivity contribution is -0.175. The number of hydrogen-bond donors (Lipinski definition) is 1. The van der Waals surface area contributed by atoms with Crippen LogP contribution < -0.4 is 0 Å². The van der Waals surface area contributed by atoms with E-state index in [1.165, 1.54) is 7.11 Å². The van der Waals surface area contributed by atoms with Crippen molar-refractivity contribution in [3.05, 3.63) is 12.7 Å². The lowest BCUT2D eigenvalue weighted by Gasteiger charge is -2.28. The maximum Gasteiger partial charge on any atom is 0.311 e. The van der Waals surface area contributed by atoms with Crippen molar-refractivity contribution >= 4 is 5.97 Å². The molecule has 1 aliphatic heterocycles. The van der Waals surface area contributed by atoms with Gasteiger partial charge in [0.25, 0.3) is 0 Å². The maximum absolute atomic E-state index is 11.8. The number of rotatable bonds is 6. The van der Waals surface area contributed by atoms with Crippen LogP contribution in [0, 0.1) is 5.41 Å². The largest absolute Gasteiger partial charge is 0.462 e. The van der Waals surface area contributed by atoms with Crippen LogP contribution in [0.1, 0.15) is 34.6 Å². The van der Waals surface area contributed by atoms with E-state index in [2.05, 4.69) is 6.58 Å². The van der Waals surface area contributed by atoms with Crippen molar-refractivity contribution in [2.45, 2.75) is 64.8 Å². The minimum atomic E-state index is -1.01. The third-order valence-corrected chi connectivity index (χ3v) is 3.41. The molecule has 1 heterocycles. The van der Waals surface area contributed by atoms with Crippen LogP contribution in [0.4, 0.5) is 0 Å². The van der Waals surface area contributed by atoms with Crippen molar-refractivity contribution in [3.8, 4) is 0 Å². The first-order valence-electron chi connectivity index (χ1n) is 7.38. The van der Waals surface area contributed by atoms with E-state index in [1.807, 2.05) is 0 Å². The van der Waals surface area contributed by atoms with Crippen molar-refractivity contribution in [1.82, 2.24) is 0 Å². The van der Waals surface area contributed by atoms with Gasteiger partial charge < -0.3 is 24.1 Å². The minimum absolute atomic E-state index is 0.0576. The number of aliphatic hydroxyl groups excluding tert-OH is 1. The standard InChI is InChI=1S/C16H28O6/c1-8-10-13(22-16(5,6)21-10)12(17)11(19-7)9-20-14(18)15(2,3)4/h8,10-13,17H,1,9H2,2-7H3/t10-,11+,12+,13+/m1/s1. The summed E-state index contributed by atoms with van der Waals surface area (Å²) in [6, 6.07) is 0. The maximum atomic E-state index is 11.8. The van der Waals surface area contributed by atoms with Crippen molar-refractivity contribution in [2.75, 3.05) is 13.7 Å². The molecule has 0 aromatic heterocycles. The Morgan fingerprint density at radius 1 is 1.41 bits per heavy atom. The summed E-state index contributed by atoms with van der Waals surface area (Å²) in [5.41, 5.74) is -0.609. The number of carbonyl (C=O) groups excluding carboxylic acids is 1. The van der Waals surface area contributed by atoms with E-state index in [0.29, 0.717) is 0 Å². The first-order valence-corrected chi connectivity index (χ1v) is 7.38. The van der Waals surface area contributed by atoms with Gasteiger partial charge in [-0.2, -0.15) is 0 Å². The fourth-order valence-electron chi connectivity index (χ4n) is 2.16. The van der Waals surface area contributed by atoms with Gasteiger partial charge in [-0.3, -0.25) is 4.79 Å². The smallest absolute Gasteiger partial charge is 0.311 e. The van der Waals surface area contributed by atoms with Gasteiger partial charge in [-0.15, -0.1) is 6.58 Å². The van der Waals surface area contributed by atoms with Gasteiger partial charge in [0.2, 0.25) is 0 Å². The SMILES string of the molecule is C=C[C@H]1OC(C)(C)O[C@@H]1[C@@H](O)[C@H](COC(=O)C(C)(C)C)OC. The Labute approximate surface area is 132 Å². The van der Waals surface area contributed by atoms with Crippen molar-refractivity contribution < 1.29 is 28.8 Å². The lowest BCUT2D eigenvalue weighted by Crippen LogP contribution is -2.46. The second-order valence-electron chi connectivity index (χ2n) is 6.91. The van der Waals surface area contributed by atoms with Crippen LogP contribution in [0.3, 0.4) is 0 Å². The van der Waals surface area contributed by atoms with E-state index in [1.54, 1.807) is 40.7 Å². The zero-order valence-electron chi connectivity index (χ0n) is 14.3. The van der Waals surface area contributed by atoms with E-state index in [-0.39, 0.29) is 12.6 Å². The zero-order valence-corrected chi connectivity index (χ0v) is 14.3. The lowest BCUT2D eigenvalue weighted by atomic mass is 9.97. The monoisotopic (exact) mass is 316 g/mol. The molecule has 1 N–H and O–H groups in total. The van der Waals surface area contributed by atoms with E-state index in [4.69, 9.17) is 18.9 Å². The number of ether oxygens (including phenoxy) is 4. The van der Waals surface area contributed by atoms with Crippen LogP contribution in [0.2, 0.25) is 0 Å². The van der Waals surface area contributed by atoms with Crippen LogP contribution in [0.5, 0.6) is 0 Å². The highest BCUT2D eigenvalue weighted by Gasteiger charge is 2.46. The molecule has 1 fully saturated rings. The van der Waals surface area contributed by atoms with Gasteiger partial charge in [0, 0.05) is 7.11 Å². The van der Waals surface area contributed by atoms with Crippen LogP contribution in [-0.4, -0.2) is 55.0 Å². The highest BCUT2D eigenvalue weighted by molar-refractivity contribution is 5.75. The molecule has 6 heteroatoms. The van der Waals surface area contributed by atoms with Crippen LogP contribution in [-0.2, 0) is 23.7 Å². The Bertz CT molecular complexity index is 398. The molecule has 1 aliphatic rings. The van der Waals surface area contributed by atoms with E-state index in [9.17, 15) is 9.90 Å². The number of methoxy groups -OCH3 is 1. The number of aliphatic hydroxyl groups is 1. The molecule has 0 amide bonds. The normalized spacial score (nSPS) is 27.2. The molecule has 128 valence electrons. The second-order valence-corrected chi connectivity index (χ2v) is 6.91. The molecule has 0 saturated carbocycles. The molecule has 0 aliphatic carbocycles. The third kappa shape index (κ3) is 4.78. The Morgan fingerprint density at radius 2 is 2.00 bits per heavy atom. The Balaban J connectivity index is 2.70. The van der Waals surface area contributed by atoms with Gasteiger partial charge in [0.15, 0.2) is 5.79 Å². The second kappa shape index (κ2) is 7.08. The van der Waals surface area contributed by atoms with Gasteiger partial charge >= 0.3 is 5.97 Å². The average molecular weight is 316 g/mol. The van der Waals surface area contributed by atoms with Crippen molar-refractivity contribution in [3.63, 3.8) is 0 Å². The Kier molecular flexibility index (Phi) is 6.15. The summed E-state index contributed by atoms with van der Waals surface area (Å²) < 4.78 is 21.8. The average Bonchev–Trinajstić information content (AvgIpc) is 2.73. The highest BCUT2D eigenvalue weighted by atomic mass is 16.8. The molecule has 0 aromatic carbocycles. The van der Waals surface area contributed by atoms with Crippen molar-refractivity contribution in [2.24, 2.45) is 5.41 Å². The molecule has 0 bridgehead atoms. The van der Waals surface area contributed by atoms with Gasteiger partial charge in [0.1, 0.15) is 31.0 Å². The fraction of sp³-hybridized carbons (Fsp3) is 0.812. The molecule has 0 unspecified atom stereocenters. The quantitative estimate of drug-likeness (QED) is 0.593. The first-order chi connectivity index (χ1) is 10.0. The minimum Gasteiger partial charge on any atom is -0.462 e. The number of hydrogen-bond acceptors (Lipinski definition) is 6. The summed E-state index contributed by atoms with van der Waals surface area (Å²) >= 11 is 0. The number of esters is 1. The van der Waals surface area contributed by atoms with Gasteiger partial charge in [-0.1, -0.05) is 6.08 Å². The molecule has 0 aromatic rings. The highest BCUT2D eigenvalue weighted by Crippen LogP contribution is 2.31. The molecule has 0 radical (unpaired) electrons. The zero-order chi connectivity index (χ0) is 17.1. The third-order valence-electron chi connectivity index (χ3n) is 3.41. The van der Waals surface area contributed by atoms with E-state index < -0.39 is 35.6 Å². The fourth-order valence-corrected chi connectivity index (χ4v) is 2.16. The van der Waals surface area contributed by atoms with E-state index >= 15 is 0 Å². The summed E-state index contributed by atoms with van der Waals surface area (Å²) in [6.45, 7) is 12.4. The Hall–Kier alpha value is -0.950. The summed E-state index contributed by atoms with van der Waals surface area (Å²) in [5, 5.41) is 10.5. The first kappa shape index (κ1) is 19.1. The summed E-state index contributed by atoms with van der Waals surface area (Å²) in [7, 11) is 1.45. The summed E-state index contributed by atoms with van der Waals surface area (Å²) in [6.07, 6.45) is -1.23. The molecule has 6 nitrogen and oxygen atoms in total. The molecule has 1 rings (SSSR count).